The Labute approximate surface area is 135 Å². The Balaban J connectivity index is 4.73. The number of rotatable bonds is 10. The first-order valence-corrected chi connectivity index (χ1v) is 7.49. The normalized spacial score (nSPS) is 13.0. The average molecular weight is 329 g/mol. The summed E-state index contributed by atoms with van der Waals surface area (Å²) >= 11 is 0. The minimum absolute atomic E-state index is 0.0478. The molecular weight excluding hydrogens is 302 g/mol. The summed E-state index contributed by atoms with van der Waals surface area (Å²) < 4.78 is 0. The van der Waals surface area contributed by atoms with Crippen LogP contribution in [0.1, 0.15) is 40.0 Å². The average Bonchev–Trinajstić information content (AvgIpc) is 2.39. The molecule has 9 nitrogen and oxygen atoms in total. The summed E-state index contributed by atoms with van der Waals surface area (Å²) in [6, 6.07) is -1.81. The Morgan fingerprint density at radius 2 is 1.74 bits per heavy atom. The number of hydrogen-bond acceptors (Lipinski definition) is 4. The minimum Gasteiger partial charge on any atom is -0.480 e. The molecule has 0 aromatic rings. The van der Waals surface area contributed by atoms with Crippen molar-refractivity contribution in [3.8, 4) is 0 Å². The lowest BCUT2D eigenvalue weighted by molar-refractivity contribution is -0.142. The maximum absolute atomic E-state index is 12.2. The molecule has 0 saturated heterocycles. The lowest BCUT2D eigenvalue weighted by atomic mass is 10.0. The van der Waals surface area contributed by atoms with Crippen LogP contribution < -0.4 is 22.1 Å². The molecule has 0 aromatic heterocycles. The molecule has 7 N–H and O–H groups in total. The minimum atomic E-state index is -1.10. The summed E-state index contributed by atoms with van der Waals surface area (Å²) in [5.74, 6) is -1.94. The van der Waals surface area contributed by atoms with Crippen LogP contribution in [0.3, 0.4) is 0 Å². The number of carbonyl (C=O) groups excluding carboxylic acids is 2. The van der Waals surface area contributed by atoms with Crippen LogP contribution in [0, 0.1) is 5.92 Å². The highest BCUT2D eigenvalue weighted by Crippen LogP contribution is 2.06. The van der Waals surface area contributed by atoms with E-state index in [2.05, 4.69) is 15.6 Å². The van der Waals surface area contributed by atoms with Crippen LogP contribution in [0.15, 0.2) is 4.99 Å². The Morgan fingerprint density at radius 3 is 2.17 bits per heavy atom. The van der Waals surface area contributed by atoms with Crippen LogP contribution in [-0.2, 0) is 14.4 Å². The molecule has 9 heteroatoms. The van der Waals surface area contributed by atoms with E-state index in [1.807, 2.05) is 13.8 Å². The van der Waals surface area contributed by atoms with Crippen molar-refractivity contribution in [2.24, 2.45) is 22.4 Å². The maximum atomic E-state index is 12.2. The van der Waals surface area contributed by atoms with E-state index in [0.29, 0.717) is 25.8 Å². The first-order chi connectivity index (χ1) is 10.6. The summed E-state index contributed by atoms with van der Waals surface area (Å²) in [6.07, 6.45) is 1.08. The fourth-order valence-electron chi connectivity index (χ4n) is 1.98. The molecule has 0 bridgehead atoms. The van der Waals surface area contributed by atoms with E-state index in [-0.39, 0.29) is 17.8 Å². The Morgan fingerprint density at radius 1 is 1.13 bits per heavy atom. The van der Waals surface area contributed by atoms with Gasteiger partial charge in [-0.25, -0.2) is 4.79 Å². The zero-order chi connectivity index (χ0) is 18.0. The monoisotopic (exact) mass is 329 g/mol. The first kappa shape index (κ1) is 20.7. The van der Waals surface area contributed by atoms with E-state index >= 15 is 0 Å². The van der Waals surface area contributed by atoms with Crippen LogP contribution >= 0.6 is 0 Å². The Hall–Kier alpha value is -2.32. The molecule has 23 heavy (non-hydrogen) atoms. The number of carbonyl (C=O) groups is 3. The van der Waals surface area contributed by atoms with Crippen LogP contribution in [0.5, 0.6) is 0 Å². The smallest absolute Gasteiger partial charge is 0.326 e. The van der Waals surface area contributed by atoms with Gasteiger partial charge in [-0.3, -0.25) is 14.6 Å². The fraction of sp³-hybridized carbons (Fsp3) is 0.714. The molecule has 0 saturated carbocycles. The van der Waals surface area contributed by atoms with Crippen LogP contribution in [0.4, 0.5) is 0 Å². The van der Waals surface area contributed by atoms with E-state index in [4.69, 9.17) is 16.6 Å². The van der Waals surface area contributed by atoms with Crippen molar-refractivity contribution in [1.29, 1.82) is 0 Å². The molecule has 2 amide bonds. The van der Waals surface area contributed by atoms with Gasteiger partial charge in [0.2, 0.25) is 11.8 Å². The summed E-state index contributed by atoms with van der Waals surface area (Å²) in [6.45, 7) is 5.34. The Bertz CT molecular complexity index is 446. The van der Waals surface area contributed by atoms with Crippen molar-refractivity contribution in [3.05, 3.63) is 0 Å². The topological polar surface area (TPSA) is 160 Å². The number of aliphatic carboxylic acids is 1. The van der Waals surface area contributed by atoms with Crippen LogP contribution in [0.25, 0.3) is 0 Å². The third-order valence-corrected chi connectivity index (χ3v) is 2.96. The highest BCUT2D eigenvalue weighted by atomic mass is 16.4. The van der Waals surface area contributed by atoms with Crippen molar-refractivity contribution in [3.63, 3.8) is 0 Å². The molecule has 0 radical (unpaired) electrons. The van der Waals surface area contributed by atoms with Crippen molar-refractivity contribution in [2.45, 2.75) is 52.1 Å². The first-order valence-electron chi connectivity index (χ1n) is 7.49. The molecule has 2 atom stereocenters. The van der Waals surface area contributed by atoms with Gasteiger partial charge >= 0.3 is 5.97 Å². The molecule has 0 aliphatic heterocycles. The Kier molecular flexibility index (Phi) is 9.36. The lowest BCUT2D eigenvalue weighted by Gasteiger charge is -2.21. The number of guanidine groups is 1. The number of nitrogens with two attached hydrogens (primary N) is 2. The van der Waals surface area contributed by atoms with Crippen molar-refractivity contribution in [1.82, 2.24) is 10.6 Å². The van der Waals surface area contributed by atoms with E-state index in [9.17, 15) is 14.4 Å². The van der Waals surface area contributed by atoms with Gasteiger partial charge in [-0.2, -0.15) is 0 Å². The predicted molar refractivity (Wildman–Crippen MR) is 86.5 cm³/mol. The number of carboxylic acids is 1. The molecule has 0 heterocycles. The van der Waals surface area contributed by atoms with E-state index in [0.717, 1.165) is 0 Å². The van der Waals surface area contributed by atoms with Gasteiger partial charge in [0.05, 0.1) is 0 Å². The molecule has 0 rings (SSSR count). The second-order valence-electron chi connectivity index (χ2n) is 5.73. The molecular formula is C14H27N5O4. The summed E-state index contributed by atoms with van der Waals surface area (Å²) in [5, 5.41) is 14.1. The quantitative estimate of drug-likeness (QED) is 0.199. The van der Waals surface area contributed by atoms with Crippen LogP contribution in [0.2, 0.25) is 0 Å². The molecule has 0 unspecified atom stereocenters. The summed E-state index contributed by atoms with van der Waals surface area (Å²) in [4.78, 5) is 38.5. The second-order valence-corrected chi connectivity index (χ2v) is 5.73. The summed E-state index contributed by atoms with van der Waals surface area (Å²) in [7, 11) is 0. The van der Waals surface area contributed by atoms with Gasteiger partial charge in [0.15, 0.2) is 5.96 Å². The number of carboxylic acid groups (broad SMARTS) is 1. The molecule has 0 spiro atoms. The lowest BCUT2D eigenvalue weighted by Crippen LogP contribution is -2.51. The molecule has 132 valence electrons. The number of amides is 2. The third kappa shape index (κ3) is 10.1. The van der Waals surface area contributed by atoms with Gasteiger partial charge in [-0.15, -0.1) is 0 Å². The van der Waals surface area contributed by atoms with Gasteiger partial charge < -0.3 is 27.2 Å². The molecule has 0 fully saturated rings. The fourth-order valence-corrected chi connectivity index (χ4v) is 1.98. The zero-order valence-corrected chi connectivity index (χ0v) is 13.8. The molecule has 0 aliphatic rings. The third-order valence-electron chi connectivity index (χ3n) is 2.96. The van der Waals surface area contributed by atoms with Gasteiger partial charge in [0.25, 0.3) is 0 Å². The SMILES string of the molecule is CC(=O)N[C@@H](CCCN=C(N)N)C(=O)N[C@@H](CC(C)C)C(=O)O. The predicted octanol–water partition coefficient (Wildman–Crippen LogP) is -0.840. The molecule has 0 aliphatic carbocycles. The van der Waals surface area contributed by atoms with Crippen LogP contribution in [-0.4, -0.2) is 47.5 Å². The van der Waals surface area contributed by atoms with Gasteiger partial charge in [-0.1, -0.05) is 13.8 Å². The van der Waals surface area contributed by atoms with Gasteiger partial charge in [0.1, 0.15) is 12.1 Å². The van der Waals surface area contributed by atoms with Crippen molar-refractivity contribution >= 4 is 23.7 Å². The number of nitrogens with one attached hydrogen (secondary N) is 2. The van der Waals surface area contributed by atoms with E-state index < -0.39 is 24.0 Å². The second kappa shape index (κ2) is 10.4. The van der Waals surface area contributed by atoms with Gasteiger partial charge in [-0.05, 0) is 25.2 Å². The van der Waals surface area contributed by atoms with Crippen molar-refractivity contribution in [2.75, 3.05) is 6.54 Å². The standard InChI is InChI=1S/C14H27N5O4/c1-8(2)7-11(13(22)23)19-12(21)10(18-9(3)20)5-4-6-17-14(15)16/h8,10-11H,4-7H2,1-3H3,(H,18,20)(H,19,21)(H,22,23)(H4,15,16,17)/t10-,11-/m0/s1. The summed E-state index contributed by atoms with van der Waals surface area (Å²) in [5.41, 5.74) is 10.4. The number of aliphatic imine (C=N–C) groups is 1. The largest absolute Gasteiger partial charge is 0.480 e. The highest BCUT2D eigenvalue weighted by Gasteiger charge is 2.26. The number of nitrogens with zero attached hydrogens (tertiary/aromatic N) is 1. The highest BCUT2D eigenvalue weighted by molar-refractivity contribution is 5.89. The van der Waals surface area contributed by atoms with Crippen molar-refractivity contribution < 1.29 is 19.5 Å². The van der Waals surface area contributed by atoms with Gasteiger partial charge in [0, 0.05) is 13.5 Å². The number of hydrogen-bond donors (Lipinski definition) is 5. The van der Waals surface area contributed by atoms with E-state index in [1.54, 1.807) is 0 Å². The molecule has 0 aromatic carbocycles. The van der Waals surface area contributed by atoms with E-state index in [1.165, 1.54) is 6.92 Å². The zero-order valence-electron chi connectivity index (χ0n) is 13.8. The maximum Gasteiger partial charge on any atom is 0.326 e.